The first kappa shape index (κ1) is 20.2. The van der Waals surface area contributed by atoms with Crippen molar-refractivity contribution in [1.29, 1.82) is 0 Å². The van der Waals surface area contributed by atoms with E-state index in [0.717, 1.165) is 5.56 Å². The number of carbonyl (C=O) groups excluding carboxylic acids is 1. The Hall–Kier alpha value is -3.58. The Kier molecular flexibility index (Phi) is 6.31. The van der Waals surface area contributed by atoms with E-state index in [1.165, 1.54) is 25.3 Å². The summed E-state index contributed by atoms with van der Waals surface area (Å²) in [6.07, 6.45) is 0. The number of nitro groups is 1. The van der Waals surface area contributed by atoms with Crippen LogP contribution in [0.1, 0.15) is 15.9 Å². The molecule has 0 aliphatic heterocycles. The van der Waals surface area contributed by atoms with Gasteiger partial charge in [0.25, 0.3) is 11.6 Å². The van der Waals surface area contributed by atoms with E-state index in [2.05, 4.69) is 5.32 Å². The van der Waals surface area contributed by atoms with Crippen LogP contribution in [0, 0.1) is 10.1 Å². The number of nitrogens with zero attached hydrogens (tertiary/aromatic N) is 1. The van der Waals surface area contributed by atoms with Gasteiger partial charge in [0.1, 0.15) is 23.8 Å². The summed E-state index contributed by atoms with van der Waals surface area (Å²) in [4.78, 5) is 23.1. The molecule has 7 nitrogen and oxygen atoms in total. The first-order chi connectivity index (χ1) is 14.0. The van der Waals surface area contributed by atoms with Gasteiger partial charge in [0.15, 0.2) is 0 Å². The summed E-state index contributed by atoms with van der Waals surface area (Å²) in [6, 6.07) is 18.0. The minimum atomic E-state index is -0.580. The highest BCUT2D eigenvalue weighted by Crippen LogP contribution is 2.29. The normalized spacial score (nSPS) is 10.3. The molecule has 0 aliphatic rings. The second-order valence-electron chi connectivity index (χ2n) is 6.00. The van der Waals surface area contributed by atoms with Gasteiger partial charge in [-0.2, -0.15) is 0 Å². The number of amides is 1. The maximum absolute atomic E-state index is 12.5. The van der Waals surface area contributed by atoms with Crippen molar-refractivity contribution in [2.75, 3.05) is 12.4 Å². The van der Waals surface area contributed by atoms with Gasteiger partial charge in [0.05, 0.1) is 18.1 Å². The number of carbonyl (C=O) groups is 1. The van der Waals surface area contributed by atoms with E-state index in [0.29, 0.717) is 28.7 Å². The number of methoxy groups -OCH3 is 1. The molecule has 0 heterocycles. The average molecular weight is 413 g/mol. The van der Waals surface area contributed by atoms with Crippen LogP contribution in [0.3, 0.4) is 0 Å². The van der Waals surface area contributed by atoms with Crippen LogP contribution < -0.4 is 14.8 Å². The number of halogens is 1. The van der Waals surface area contributed by atoms with Crippen molar-refractivity contribution in [1.82, 2.24) is 0 Å². The molecule has 1 N–H and O–H groups in total. The lowest BCUT2D eigenvalue weighted by Gasteiger charge is -2.10. The van der Waals surface area contributed by atoms with Crippen molar-refractivity contribution in [2.45, 2.75) is 6.61 Å². The van der Waals surface area contributed by atoms with Gasteiger partial charge < -0.3 is 14.8 Å². The summed E-state index contributed by atoms with van der Waals surface area (Å²) in [6.45, 7) is 0.295. The number of hydrogen-bond donors (Lipinski definition) is 1. The van der Waals surface area contributed by atoms with E-state index in [1.807, 2.05) is 18.2 Å². The van der Waals surface area contributed by atoms with Gasteiger partial charge in [0.2, 0.25) is 0 Å². The zero-order valence-corrected chi connectivity index (χ0v) is 16.2. The zero-order valence-electron chi connectivity index (χ0n) is 15.4. The monoisotopic (exact) mass is 412 g/mol. The van der Waals surface area contributed by atoms with Crippen LogP contribution in [0.25, 0.3) is 0 Å². The molecule has 0 radical (unpaired) electrons. The summed E-state index contributed by atoms with van der Waals surface area (Å²) < 4.78 is 10.7. The molecule has 3 rings (SSSR count). The van der Waals surface area contributed by atoms with Crippen LogP contribution in [0.15, 0.2) is 66.7 Å². The predicted molar refractivity (Wildman–Crippen MR) is 110 cm³/mol. The van der Waals surface area contributed by atoms with E-state index < -0.39 is 10.8 Å². The lowest BCUT2D eigenvalue weighted by Crippen LogP contribution is -2.13. The first-order valence-corrected chi connectivity index (χ1v) is 8.96. The molecule has 0 aromatic heterocycles. The highest BCUT2D eigenvalue weighted by Gasteiger charge is 2.18. The van der Waals surface area contributed by atoms with Gasteiger partial charge in [-0.05, 0) is 42.5 Å². The Morgan fingerprint density at radius 2 is 1.76 bits per heavy atom. The Labute approximate surface area is 172 Å². The van der Waals surface area contributed by atoms with E-state index >= 15 is 0 Å². The third kappa shape index (κ3) is 5.03. The molecular weight excluding hydrogens is 396 g/mol. The quantitative estimate of drug-likeness (QED) is 0.431. The molecule has 0 saturated heterocycles. The highest BCUT2D eigenvalue weighted by atomic mass is 35.5. The molecule has 0 bridgehead atoms. The third-order valence-corrected chi connectivity index (χ3v) is 4.49. The van der Waals surface area contributed by atoms with Crippen LogP contribution >= 0.6 is 11.6 Å². The molecule has 148 valence electrons. The maximum atomic E-state index is 12.5. The van der Waals surface area contributed by atoms with Crippen LogP contribution in [0.4, 0.5) is 11.4 Å². The molecule has 1 amide bonds. The number of anilines is 1. The Bertz CT molecular complexity index is 1040. The summed E-state index contributed by atoms with van der Waals surface area (Å²) in [7, 11) is 1.41. The van der Waals surface area contributed by atoms with E-state index in [-0.39, 0.29) is 11.4 Å². The Balaban J connectivity index is 1.68. The SMILES string of the molecule is COc1ccc(NC(=O)c2ccc(OCc3ccccc3Cl)cc2)c([N+](=O)[O-])c1. The minimum Gasteiger partial charge on any atom is -0.496 e. The van der Waals surface area contributed by atoms with Crippen molar-refractivity contribution in [3.05, 3.63) is 93.0 Å². The molecule has 3 aromatic carbocycles. The number of ether oxygens (including phenoxy) is 2. The van der Waals surface area contributed by atoms with Crippen LogP contribution in [0.2, 0.25) is 5.02 Å². The number of nitro benzene ring substituents is 1. The van der Waals surface area contributed by atoms with Gasteiger partial charge in [-0.3, -0.25) is 14.9 Å². The van der Waals surface area contributed by atoms with Crippen molar-refractivity contribution in [2.24, 2.45) is 0 Å². The molecule has 0 aliphatic carbocycles. The molecular formula is C21H17ClN2O5. The molecule has 3 aromatic rings. The molecule has 29 heavy (non-hydrogen) atoms. The third-order valence-electron chi connectivity index (χ3n) is 4.12. The molecule has 0 spiro atoms. The number of benzene rings is 3. The summed E-state index contributed by atoms with van der Waals surface area (Å²) in [5, 5.41) is 14.4. The van der Waals surface area contributed by atoms with Gasteiger partial charge in [-0.15, -0.1) is 0 Å². The fourth-order valence-electron chi connectivity index (χ4n) is 2.57. The van der Waals surface area contributed by atoms with E-state index in [9.17, 15) is 14.9 Å². The van der Waals surface area contributed by atoms with Gasteiger partial charge in [0, 0.05) is 16.1 Å². The number of hydrogen-bond acceptors (Lipinski definition) is 5. The van der Waals surface area contributed by atoms with Gasteiger partial charge >= 0.3 is 0 Å². The molecule has 0 atom stereocenters. The summed E-state index contributed by atoms with van der Waals surface area (Å²) >= 11 is 6.10. The Morgan fingerprint density at radius 1 is 1.07 bits per heavy atom. The highest BCUT2D eigenvalue weighted by molar-refractivity contribution is 6.31. The molecule has 8 heteroatoms. The lowest BCUT2D eigenvalue weighted by molar-refractivity contribution is -0.384. The second kappa shape index (κ2) is 9.07. The molecule has 0 fully saturated rings. The topological polar surface area (TPSA) is 90.7 Å². The smallest absolute Gasteiger partial charge is 0.296 e. The second-order valence-corrected chi connectivity index (χ2v) is 6.41. The number of rotatable bonds is 7. The van der Waals surface area contributed by atoms with Crippen LogP contribution in [-0.2, 0) is 6.61 Å². The van der Waals surface area contributed by atoms with Crippen molar-refractivity contribution in [3.63, 3.8) is 0 Å². The van der Waals surface area contributed by atoms with Gasteiger partial charge in [-0.25, -0.2) is 0 Å². The first-order valence-electron chi connectivity index (χ1n) is 8.58. The fraction of sp³-hybridized carbons (Fsp3) is 0.0952. The van der Waals surface area contributed by atoms with Crippen molar-refractivity contribution >= 4 is 28.9 Å². The summed E-state index contributed by atoms with van der Waals surface area (Å²) in [5.41, 5.74) is 1.01. The largest absolute Gasteiger partial charge is 0.496 e. The molecule has 0 saturated carbocycles. The van der Waals surface area contributed by atoms with Crippen molar-refractivity contribution in [3.8, 4) is 11.5 Å². The predicted octanol–water partition coefficient (Wildman–Crippen LogP) is 5.09. The molecule has 0 unspecified atom stereocenters. The number of nitrogens with one attached hydrogen (secondary N) is 1. The zero-order chi connectivity index (χ0) is 20.8. The maximum Gasteiger partial charge on any atom is 0.296 e. The Morgan fingerprint density at radius 3 is 2.41 bits per heavy atom. The van der Waals surface area contributed by atoms with E-state index in [4.69, 9.17) is 21.1 Å². The van der Waals surface area contributed by atoms with Crippen LogP contribution in [0.5, 0.6) is 11.5 Å². The minimum absolute atomic E-state index is 0.0832. The lowest BCUT2D eigenvalue weighted by atomic mass is 10.2. The average Bonchev–Trinajstić information content (AvgIpc) is 2.73. The van der Waals surface area contributed by atoms with E-state index in [1.54, 1.807) is 30.3 Å². The fourth-order valence-corrected chi connectivity index (χ4v) is 2.76. The van der Waals surface area contributed by atoms with Crippen molar-refractivity contribution < 1.29 is 19.2 Å². The van der Waals surface area contributed by atoms with Crippen LogP contribution in [-0.4, -0.2) is 17.9 Å². The standard InChI is InChI=1S/C21H17ClN2O5/c1-28-17-10-11-19(20(12-17)24(26)27)23-21(25)14-6-8-16(9-7-14)29-13-15-4-2-3-5-18(15)22/h2-12H,13H2,1H3,(H,23,25). The summed E-state index contributed by atoms with van der Waals surface area (Å²) in [5.74, 6) is 0.419. The van der Waals surface area contributed by atoms with Gasteiger partial charge in [-0.1, -0.05) is 29.8 Å².